The smallest absolute Gasteiger partial charge is 0.342 e. The number of methoxy groups -OCH3 is 1. The first-order valence-electron chi connectivity index (χ1n) is 14.5. The average molecular weight is 567 g/mol. The van der Waals surface area contributed by atoms with E-state index in [0.29, 0.717) is 17.5 Å². The molecule has 0 bridgehead atoms. The van der Waals surface area contributed by atoms with Crippen molar-refractivity contribution in [1.82, 2.24) is 0 Å². The van der Waals surface area contributed by atoms with Crippen molar-refractivity contribution in [3.05, 3.63) is 23.3 Å². The lowest BCUT2D eigenvalue weighted by atomic mass is 9.95. The molecule has 4 aliphatic heterocycles. The molecule has 0 radical (unpaired) electrons. The monoisotopic (exact) mass is 566 g/mol. The van der Waals surface area contributed by atoms with E-state index in [9.17, 15) is 25.2 Å². The molecule has 1 aromatic rings. The lowest BCUT2D eigenvalue weighted by Crippen LogP contribution is -2.60. The third-order valence-electron chi connectivity index (χ3n) is 8.53. The van der Waals surface area contributed by atoms with Crippen molar-refractivity contribution in [2.75, 3.05) is 13.7 Å². The van der Waals surface area contributed by atoms with Gasteiger partial charge >= 0.3 is 5.97 Å². The second-order valence-electron chi connectivity index (χ2n) is 11.4. The SMILES string of the molecule is COc1cc(O[C@@H]2O[C@H](CO)[C@@H](O)[C@H](O)[C@H]2O)cc2c1C(=O)O[C@@H]2CCCCC[C@@H]1CCC[C@]2(CC[C@@H](C)O2)O1. The number of benzene rings is 1. The molecule has 4 aliphatic rings. The van der Waals surface area contributed by atoms with Crippen LogP contribution in [0.15, 0.2) is 12.1 Å². The number of unbranched alkanes of at least 4 members (excludes halogenated alkanes) is 2. The topological polar surface area (TPSA) is 153 Å². The molecule has 4 heterocycles. The van der Waals surface area contributed by atoms with Crippen LogP contribution in [0.2, 0.25) is 0 Å². The van der Waals surface area contributed by atoms with Gasteiger partial charge in [-0.3, -0.25) is 0 Å². The summed E-state index contributed by atoms with van der Waals surface area (Å²) in [6.45, 7) is 1.54. The summed E-state index contributed by atoms with van der Waals surface area (Å²) in [5.41, 5.74) is 0.953. The highest BCUT2D eigenvalue weighted by Gasteiger charge is 2.46. The molecule has 1 aromatic carbocycles. The summed E-state index contributed by atoms with van der Waals surface area (Å²) in [5, 5.41) is 39.9. The van der Waals surface area contributed by atoms with E-state index < -0.39 is 49.4 Å². The van der Waals surface area contributed by atoms with Gasteiger partial charge < -0.3 is 48.8 Å². The van der Waals surface area contributed by atoms with Crippen LogP contribution in [0.25, 0.3) is 0 Å². The molecular formula is C29H42O11. The van der Waals surface area contributed by atoms with E-state index in [0.717, 1.165) is 57.8 Å². The zero-order chi connectivity index (χ0) is 28.4. The largest absolute Gasteiger partial charge is 0.496 e. The van der Waals surface area contributed by atoms with Gasteiger partial charge in [-0.1, -0.05) is 12.8 Å². The van der Waals surface area contributed by atoms with Crippen LogP contribution in [0.4, 0.5) is 0 Å². The molecule has 0 unspecified atom stereocenters. The molecule has 1 spiro atoms. The van der Waals surface area contributed by atoms with Crippen LogP contribution in [-0.2, 0) is 18.9 Å². The van der Waals surface area contributed by atoms with Gasteiger partial charge in [0.05, 0.1) is 25.9 Å². The summed E-state index contributed by atoms with van der Waals surface area (Å²) in [6.07, 6.45) is 2.55. The number of cyclic esters (lactones) is 1. The molecule has 0 aliphatic carbocycles. The number of rotatable bonds is 10. The maximum absolute atomic E-state index is 12.7. The minimum absolute atomic E-state index is 0.218. The highest BCUT2D eigenvalue weighted by molar-refractivity contribution is 5.97. The van der Waals surface area contributed by atoms with E-state index >= 15 is 0 Å². The van der Waals surface area contributed by atoms with E-state index in [2.05, 4.69) is 6.92 Å². The Morgan fingerprint density at radius 3 is 2.52 bits per heavy atom. The fourth-order valence-electron chi connectivity index (χ4n) is 6.36. The minimum Gasteiger partial charge on any atom is -0.496 e. The van der Waals surface area contributed by atoms with Crippen LogP contribution in [0, 0.1) is 0 Å². The quantitative estimate of drug-likeness (QED) is 0.244. The number of aliphatic hydroxyl groups is 4. The highest BCUT2D eigenvalue weighted by Crippen LogP contribution is 2.43. The summed E-state index contributed by atoms with van der Waals surface area (Å²) in [7, 11) is 1.43. The van der Waals surface area contributed by atoms with Gasteiger partial charge in [-0.2, -0.15) is 0 Å². The van der Waals surface area contributed by atoms with Crippen LogP contribution in [0.3, 0.4) is 0 Å². The number of fused-ring (bicyclic) bond motifs is 1. The molecule has 3 saturated heterocycles. The summed E-state index contributed by atoms with van der Waals surface area (Å²) in [6, 6.07) is 3.13. The van der Waals surface area contributed by atoms with Gasteiger partial charge in [0.25, 0.3) is 0 Å². The molecule has 3 fully saturated rings. The molecular weight excluding hydrogens is 524 g/mol. The summed E-state index contributed by atoms with van der Waals surface area (Å²) < 4.78 is 34.9. The second-order valence-corrected chi connectivity index (χ2v) is 11.4. The Labute approximate surface area is 234 Å². The third-order valence-corrected chi connectivity index (χ3v) is 8.53. The van der Waals surface area contributed by atoms with Crippen molar-refractivity contribution in [1.29, 1.82) is 0 Å². The molecule has 9 atom stereocenters. The molecule has 11 heteroatoms. The summed E-state index contributed by atoms with van der Waals surface area (Å²) >= 11 is 0. The van der Waals surface area contributed by atoms with Crippen LogP contribution in [0.1, 0.15) is 93.2 Å². The van der Waals surface area contributed by atoms with Crippen molar-refractivity contribution in [2.24, 2.45) is 0 Å². The molecule has 11 nitrogen and oxygen atoms in total. The number of hydrogen-bond donors (Lipinski definition) is 4. The molecule has 4 N–H and O–H groups in total. The summed E-state index contributed by atoms with van der Waals surface area (Å²) in [5.74, 6) is -0.354. The number of aliphatic hydroxyl groups excluding tert-OH is 4. The first-order valence-corrected chi connectivity index (χ1v) is 14.5. The van der Waals surface area contributed by atoms with E-state index in [1.807, 2.05) is 0 Å². The van der Waals surface area contributed by atoms with Crippen LogP contribution in [-0.4, -0.2) is 88.8 Å². The number of hydrogen-bond acceptors (Lipinski definition) is 11. The number of carbonyl (C=O) groups excluding carboxylic acids is 1. The standard InChI is InChI=1S/C29H42O11/c1-16-10-12-29(39-16)11-6-8-17(40-29)7-4-3-5-9-20-19-13-18(14-21(35-2)23(19)27(34)37-20)36-28-26(33)25(32)24(31)22(15-30)38-28/h13-14,16-17,20,22,24-26,28,30-33H,3-12,15H2,1-2H3/t16-,17-,20-,22-,24-,25+,26-,28-,29-/m1/s1. The molecule has 5 rings (SSSR count). The molecule has 0 aromatic heterocycles. The molecule has 40 heavy (non-hydrogen) atoms. The van der Waals surface area contributed by atoms with Crippen molar-refractivity contribution < 1.29 is 53.6 Å². The third kappa shape index (κ3) is 6.11. The van der Waals surface area contributed by atoms with Gasteiger partial charge in [0.15, 0.2) is 5.79 Å². The van der Waals surface area contributed by atoms with Crippen LogP contribution >= 0.6 is 0 Å². The molecule has 0 amide bonds. The lowest BCUT2D eigenvalue weighted by molar-refractivity contribution is -0.277. The fourth-order valence-corrected chi connectivity index (χ4v) is 6.36. The molecule has 0 saturated carbocycles. The van der Waals surface area contributed by atoms with Gasteiger partial charge in [-0.15, -0.1) is 0 Å². The Morgan fingerprint density at radius 2 is 1.80 bits per heavy atom. The fraction of sp³-hybridized carbons (Fsp3) is 0.759. The van der Waals surface area contributed by atoms with Gasteiger partial charge in [-0.05, 0) is 51.5 Å². The average Bonchev–Trinajstić information content (AvgIpc) is 3.46. The predicted molar refractivity (Wildman–Crippen MR) is 140 cm³/mol. The maximum Gasteiger partial charge on any atom is 0.342 e. The van der Waals surface area contributed by atoms with Crippen molar-refractivity contribution in [3.63, 3.8) is 0 Å². The van der Waals surface area contributed by atoms with Gasteiger partial charge in [-0.25, -0.2) is 4.79 Å². The van der Waals surface area contributed by atoms with E-state index in [1.54, 1.807) is 6.07 Å². The second kappa shape index (κ2) is 12.5. The zero-order valence-electron chi connectivity index (χ0n) is 23.2. The van der Waals surface area contributed by atoms with Crippen molar-refractivity contribution in [2.45, 2.75) is 126 Å². The zero-order valence-corrected chi connectivity index (χ0v) is 23.2. The summed E-state index contributed by atoms with van der Waals surface area (Å²) in [4.78, 5) is 12.7. The number of ether oxygens (including phenoxy) is 6. The van der Waals surface area contributed by atoms with Crippen LogP contribution in [0.5, 0.6) is 11.5 Å². The Bertz CT molecular complexity index is 1030. The Balaban J connectivity index is 1.17. The highest BCUT2D eigenvalue weighted by atomic mass is 16.7. The first-order chi connectivity index (χ1) is 19.2. The maximum atomic E-state index is 12.7. The van der Waals surface area contributed by atoms with Gasteiger partial charge in [0.2, 0.25) is 6.29 Å². The van der Waals surface area contributed by atoms with Crippen molar-refractivity contribution >= 4 is 5.97 Å². The van der Waals surface area contributed by atoms with Gasteiger partial charge in [0.1, 0.15) is 47.6 Å². The normalized spacial score (nSPS) is 37.4. The minimum atomic E-state index is -1.57. The predicted octanol–water partition coefficient (Wildman–Crippen LogP) is 2.50. The Hall–Kier alpha value is -1.99. The van der Waals surface area contributed by atoms with Gasteiger partial charge in [0, 0.05) is 24.5 Å². The molecule has 224 valence electrons. The lowest BCUT2D eigenvalue weighted by Gasteiger charge is -2.39. The van der Waals surface area contributed by atoms with E-state index in [-0.39, 0.29) is 29.5 Å². The Kier molecular flexibility index (Phi) is 9.20. The van der Waals surface area contributed by atoms with E-state index in [1.165, 1.54) is 13.2 Å². The Morgan fingerprint density at radius 1 is 1.00 bits per heavy atom. The number of carbonyl (C=O) groups is 1. The number of esters is 1. The van der Waals surface area contributed by atoms with Crippen molar-refractivity contribution in [3.8, 4) is 11.5 Å². The first kappa shape index (κ1) is 29.5. The van der Waals surface area contributed by atoms with Crippen LogP contribution < -0.4 is 9.47 Å². The van der Waals surface area contributed by atoms with E-state index in [4.69, 9.17) is 28.4 Å².